The Hall–Kier alpha value is -1.77. The maximum Gasteiger partial charge on any atom is 0.339 e. The highest BCUT2D eigenvalue weighted by Gasteiger charge is 2.08. The first-order valence-electron chi connectivity index (χ1n) is 4.91. The molecule has 15 heavy (non-hydrogen) atoms. The lowest BCUT2D eigenvalue weighted by Crippen LogP contribution is -2.08. The Kier molecular flexibility index (Phi) is 2.23. The predicted molar refractivity (Wildman–Crippen MR) is 61.0 cm³/mol. The van der Waals surface area contributed by atoms with Crippen molar-refractivity contribution in [1.29, 1.82) is 0 Å². The van der Waals surface area contributed by atoms with Crippen LogP contribution in [0.2, 0.25) is 0 Å². The molecule has 2 rings (SSSR count). The van der Waals surface area contributed by atoms with Gasteiger partial charge in [0.2, 0.25) is 0 Å². The van der Waals surface area contributed by atoms with Gasteiger partial charge in [0.05, 0.1) is 0 Å². The molecule has 0 aliphatic heterocycles. The van der Waals surface area contributed by atoms with E-state index in [0.29, 0.717) is 16.8 Å². The van der Waals surface area contributed by atoms with Crippen molar-refractivity contribution in [2.45, 2.75) is 19.8 Å². The summed E-state index contributed by atoms with van der Waals surface area (Å²) in [4.78, 5) is 11.6. The van der Waals surface area contributed by atoms with E-state index in [4.69, 9.17) is 10.2 Å². The quantitative estimate of drug-likeness (QED) is 0.572. The van der Waals surface area contributed by atoms with Crippen molar-refractivity contribution in [3.8, 4) is 0 Å². The van der Waals surface area contributed by atoms with Gasteiger partial charge < -0.3 is 10.2 Å². The minimum atomic E-state index is -0.275. The highest BCUT2D eigenvalue weighted by atomic mass is 16.4. The first-order valence-corrected chi connectivity index (χ1v) is 4.91. The molecule has 1 aromatic carbocycles. The Morgan fingerprint density at radius 3 is 2.67 bits per heavy atom. The van der Waals surface area contributed by atoms with Gasteiger partial charge in [-0.25, -0.2) is 4.79 Å². The van der Waals surface area contributed by atoms with Crippen molar-refractivity contribution < 1.29 is 4.42 Å². The van der Waals surface area contributed by atoms with Crippen molar-refractivity contribution in [2.24, 2.45) is 0 Å². The fraction of sp³-hybridized carbons (Fsp3) is 0.250. The van der Waals surface area contributed by atoms with Gasteiger partial charge in [-0.2, -0.15) is 0 Å². The van der Waals surface area contributed by atoms with Crippen LogP contribution in [-0.2, 0) is 0 Å². The topological polar surface area (TPSA) is 56.2 Å². The molecule has 2 aromatic rings. The summed E-state index contributed by atoms with van der Waals surface area (Å²) >= 11 is 0. The molecule has 1 aromatic heterocycles. The van der Waals surface area contributed by atoms with E-state index in [9.17, 15) is 4.79 Å². The van der Waals surface area contributed by atoms with Gasteiger partial charge in [0.15, 0.2) is 0 Å². The first-order chi connectivity index (χ1) is 7.08. The van der Waals surface area contributed by atoms with Crippen LogP contribution in [0.15, 0.2) is 33.5 Å². The molecule has 0 aliphatic rings. The number of nitrogen functional groups attached to an aromatic ring is 1. The molecule has 3 heteroatoms. The maximum atomic E-state index is 11.6. The van der Waals surface area contributed by atoms with E-state index >= 15 is 0 Å². The van der Waals surface area contributed by atoms with E-state index in [1.165, 1.54) is 0 Å². The predicted octanol–water partition coefficient (Wildman–Crippen LogP) is 2.50. The van der Waals surface area contributed by atoms with E-state index in [1.807, 2.05) is 26.0 Å². The van der Waals surface area contributed by atoms with Crippen LogP contribution in [0.5, 0.6) is 0 Å². The summed E-state index contributed by atoms with van der Waals surface area (Å²) in [6.07, 6.45) is 0. The molecule has 0 fully saturated rings. The summed E-state index contributed by atoms with van der Waals surface area (Å²) in [5.74, 6) is 0.170. The number of hydrogen-bond acceptors (Lipinski definition) is 3. The van der Waals surface area contributed by atoms with Crippen LogP contribution >= 0.6 is 0 Å². The number of rotatable bonds is 1. The van der Waals surface area contributed by atoms with E-state index in [0.717, 1.165) is 5.39 Å². The number of anilines is 1. The number of hydrogen-bond donors (Lipinski definition) is 1. The SMILES string of the molecule is CC(C)c1cc2ccc(N)cc2oc1=O. The number of benzene rings is 1. The third kappa shape index (κ3) is 1.73. The van der Waals surface area contributed by atoms with Gasteiger partial charge in [0.25, 0.3) is 0 Å². The number of fused-ring (bicyclic) bond motifs is 1. The zero-order valence-electron chi connectivity index (χ0n) is 8.78. The average Bonchev–Trinajstić information content (AvgIpc) is 2.15. The third-order valence-electron chi connectivity index (χ3n) is 2.41. The Morgan fingerprint density at radius 2 is 2.00 bits per heavy atom. The largest absolute Gasteiger partial charge is 0.422 e. The molecule has 3 nitrogen and oxygen atoms in total. The van der Waals surface area contributed by atoms with Crippen LogP contribution in [0, 0.1) is 0 Å². The molecule has 0 saturated heterocycles. The average molecular weight is 203 g/mol. The molecule has 78 valence electrons. The Bertz CT molecular complexity index is 555. The zero-order chi connectivity index (χ0) is 11.0. The lowest BCUT2D eigenvalue weighted by Gasteiger charge is -2.04. The molecule has 0 radical (unpaired) electrons. The smallest absolute Gasteiger partial charge is 0.339 e. The van der Waals surface area contributed by atoms with Crippen LogP contribution in [0.3, 0.4) is 0 Å². The Morgan fingerprint density at radius 1 is 1.27 bits per heavy atom. The molecule has 0 spiro atoms. The Labute approximate surface area is 87.5 Å². The molecule has 0 bridgehead atoms. The van der Waals surface area contributed by atoms with E-state index < -0.39 is 0 Å². The van der Waals surface area contributed by atoms with Crippen LogP contribution in [0.1, 0.15) is 25.3 Å². The summed E-state index contributed by atoms with van der Waals surface area (Å²) in [7, 11) is 0. The first kappa shape index (κ1) is 9.77. The van der Waals surface area contributed by atoms with Gasteiger partial charge in [0.1, 0.15) is 5.58 Å². The molecule has 0 aliphatic carbocycles. The van der Waals surface area contributed by atoms with Gasteiger partial charge in [-0.3, -0.25) is 0 Å². The summed E-state index contributed by atoms with van der Waals surface area (Å²) in [5, 5.41) is 0.910. The van der Waals surface area contributed by atoms with Crippen molar-refractivity contribution in [3.63, 3.8) is 0 Å². The molecule has 1 heterocycles. The summed E-state index contributed by atoms with van der Waals surface area (Å²) in [6.45, 7) is 3.94. The van der Waals surface area contributed by atoms with Crippen molar-refractivity contribution >= 4 is 16.7 Å². The molecule has 0 amide bonds. The fourth-order valence-electron chi connectivity index (χ4n) is 1.55. The highest BCUT2D eigenvalue weighted by Crippen LogP contribution is 2.19. The van der Waals surface area contributed by atoms with Crippen LogP contribution in [0.4, 0.5) is 5.69 Å². The standard InChI is InChI=1S/C12H13NO2/c1-7(2)10-5-8-3-4-9(13)6-11(8)15-12(10)14/h3-7H,13H2,1-2H3. The lowest BCUT2D eigenvalue weighted by molar-refractivity contribution is 0.544. The maximum absolute atomic E-state index is 11.6. The van der Waals surface area contributed by atoms with Crippen molar-refractivity contribution in [2.75, 3.05) is 5.73 Å². The normalized spacial score (nSPS) is 11.1. The van der Waals surface area contributed by atoms with E-state index in [1.54, 1.807) is 12.1 Å². The summed E-state index contributed by atoms with van der Waals surface area (Å²) in [6, 6.07) is 7.19. The van der Waals surface area contributed by atoms with Crippen LogP contribution in [-0.4, -0.2) is 0 Å². The molecule has 0 atom stereocenters. The zero-order valence-corrected chi connectivity index (χ0v) is 8.78. The summed E-state index contributed by atoms with van der Waals surface area (Å²) in [5.41, 5.74) is 7.18. The van der Waals surface area contributed by atoms with E-state index in [-0.39, 0.29) is 11.5 Å². The minimum Gasteiger partial charge on any atom is -0.422 e. The van der Waals surface area contributed by atoms with Crippen LogP contribution < -0.4 is 11.4 Å². The number of nitrogens with two attached hydrogens (primary N) is 1. The van der Waals surface area contributed by atoms with E-state index in [2.05, 4.69) is 0 Å². The van der Waals surface area contributed by atoms with Gasteiger partial charge in [-0.15, -0.1) is 0 Å². The second-order valence-electron chi connectivity index (χ2n) is 3.94. The fourth-order valence-corrected chi connectivity index (χ4v) is 1.55. The third-order valence-corrected chi connectivity index (χ3v) is 2.41. The second kappa shape index (κ2) is 3.42. The highest BCUT2D eigenvalue weighted by molar-refractivity contribution is 5.80. The molecule has 0 saturated carbocycles. The minimum absolute atomic E-state index is 0.170. The molecular formula is C12H13NO2. The second-order valence-corrected chi connectivity index (χ2v) is 3.94. The molecule has 0 unspecified atom stereocenters. The van der Waals surface area contributed by atoms with Crippen molar-refractivity contribution in [3.05, 3.63) is 40.2 Å². The van der Waals surface area contributed by atoms with Gasteiger partial charge >= 0.3 is 5.63 Å². The monoisotopic (exact) mass is 203 g/mol. The molecule has 2 N–H and O–H groups in total. The van der Waals surface area contributed by atoms with Gasteiger partial charge in [-0.1, -0.05) is 13.8 Å². The Balaban J connectivity index is 2.76. The van der Waals surface area contributed by atoms with Crippen LogP contribution in [0.25, 0.3) is 11.0 Å². The lowest BCUT2D eigenvalue weighted by atomic mass is 10.0. The van der Waals surface area contributed by atoms with Gasteiger partial charge in [0, 0.05) is 22.7 Å². The summed E-state index contributed by atoms with van der Waals surface area (Å²) < 4.78 is 5.20. The molecular weight excluding hydrogens is 190 g/mol. The van der Waals surface area contributed by atoms with Crippen molar-refractivity contribution in [1.82, 2.24) is 0 Å². The van der Waals surface area contributed by atoms with Gasteiger partial charge in [-0.05, 0) is 24.1 Å².